The molecule has 1 aromatic heterocycles. The Morgan fingerprint density at radius 2 is 2.33 bits per heavy atom. The molecule has 0 aromatic carbocycles. The summed E-state index contributed by atoms with van der Waals surface area (Å²) in [6.07, 6.45) is 2.54. The summed E-state index contributed by atoms with van der Waals surface area (Å²) in [5, 5.41) is 0. The van der Waals surface area contributed by atoms with Crippen molar-refractivity contribution in [3.05, 3.63) is 21.9 Å². The van der Waals surface area contributed by atoms with Crippen molar-refractivity contribution < 1.29 is 4.79 Å². The third kappa shape index (κ3) is 3.40. The molecular weight excluding hydrogens is 244 g/mol. The average molecular weight is 266 g/mol. The molecule has 0 bridgehead atoms. The van der Waals surface area contributed by atoms with Crippen molar-refractivity contribution in [2.24, 2.45) is 0 Å². The van der Waals surface area contributed by atoms with Crippen LogP contribution in [0.5, 0.6) is 0 Å². The molecule has 3 nitrogen and oxygen atoms in total. The Morgan fingerprint density at radius 3 is 2.89 bits per heavy atom. The molecule has 0 N–H and O–H groups in total. The third-order valence-corrected chi connectivity index (χ3v) is 4.66. The van der Waals surface area contributed by atoms with Gasteiger partial charge in [0, 0.05) is 17.5 Å². The van der Waals surface area contributed by atoms with E-state index in [0.717, 1.165) is 11.4 Å². The van der Waals surface area contributed by atoms with Gasteiger partial charge in [-0.15, -0.1) is 11.3 Å². The molecule has 2 heterocycles. The molecule has 1 atom stereocenters. The van der Waals surface area contributed by atoms with Crippen LogP contribution in [0.3, 0.4) is 0 Å². The quantitative estimate of drug-likeness (QED) is 0.764. The lowest BCUT2D eigenvalue weighted by Crippen LogP contribution is -2.38. The van der Waals surface area contributed by atoms with E-state index in [-0.39, 0.29) is 5.78 Å². The monoisotopic (exact) mass is 266 g/mol. The fraction of sp³-hybridized carbons (Fsp3) is 0.643. The second kappa shape index (κ2) is 5.95. The summed E-state index contributed by atoms with van der Waals surface area (Å²) in [7, 11) is 4.22. The lowest BCUT2D eigenvalue weighted by molar-refractivity contribution is 0.0936. The molecule has 0 amide bonds. The van der Waals surface area contributed by atoms with Crippen LogP contribution in [-0.4, -0.2) is 55.4 Å². The van der Waals surface area contributed by atoms with Crippen LogP contribution in [0.25, 0.3) is 0 Å². The van der Waals surface area contributed by atoms with Crippen LogP contribution in [0.15, 0.2) is 12.1 Å². The van der Waals surface area contributed by atoms with Crippen LogP contribution >= 0.6 is 11.3 Å². The van der Waals surface area contributed by atoms with Crippen molar-refractivity contribution in [3.63, 3.8) is 0 Å². The number of Topliss-reactive ketones (excluding diaryl/α,β-unsaturated/α-hetero) is 1. The number of carbonyl (C=O) groups is 1. The second-order valence-electron chi connectivity index (χ2n) is 5.31. The number of likely N-dealkylation sites (N-methyl/N-ethyl adjacent to an activating group) is 2. The van der Waals surface area contributed by atoms with Crippen LogP contribution in [0.2, 0.25) is 0 Å². The molecule has 0 aliphatic carbocycles. The molecule has 0 saturated carbocycles. The molecule has 1 aromatic rings. The minimum Gasteiger partial charge on any atom is -0.302 e. The Bertz CT molecular complexity index is 416. The predicted molar refractivity (Wildman–Crippen MR) is 76.5 cm³/mol. The first kappa shape index (κ1) is 13.7. The first-order valence-corrected chi connectivity index (χ1v) is 7.36. The smallest absolute Gasteiger partial charge is 0.186 e. The van der Waals surface area contributed by atoms with E-state index in [1.54, 1.807) is 11.3 Å². The fourth-order valence-electron chi connectivity index (χ4n) is 2.54. The maximum absolute atomic E-state index is 12.1. The minimum absolute atomic E-state index is 0.247. The normalized spacial score (nSPS) is 20.8. The van der Waals surface area contributed by atoms with E-state index in [2.05, 4.69) is 16.8 Å². The summed E-state index contributed by atoms with van der Waals surface area (Å²) in [6.45, 7) is 4.76. The van der Waals surface area contributed by atoms with E-state index in [1.165, 1.54) is 24.3 Å². The molecule has 1 aliphatic heterocycles. The van der Waals surface area contributed by atoms with Gasteiger partial charge in [0.05, 0.1) is 11.4 Å². The van der Waals surface area contributed by atoms with Crippen molar-refractivity contribution in [1.82, 2.24) is 9.80 Å². The molecular formula is C14H22N2OS. The van der Waals surface area contributed by atoms with Gasteiger partial charge in [-0.1, -0.05) is 0 Å². The molecule has 1 saturated heterocycles. The summed E-state index contributed by atoms with van der Waals surface area (Å²) < 4.78 is 0. The maximum Gasteiger partial charge on any atom is 0.186 e. The van der Waals surface area contributed by atoms with Gasteiger partial charge in [-0.2, -0.15) is 0 Å². The predicted octanol–water partition coefficient (Wildman–Crippen LogP) is 2.27. The largest absolute Gasteiger partial charge is 0.302 e. The van der Waals surface area contributed by atoms with Gasteiger partial charge in [-0.3, -0.25) is 9.69 Å². The summed E-state index contributed by atoms with van der Waals surface area (Å²) in [5.41, 5.74) is 0. The third-order valence-electron chi connectivity index (χ3n) is 3.62. The van der Waals surface area contributed by atoms with Crippen LogP contribution in [0.1, 0.15) is 27.4 Å². The molecule has 100 valence electrons. The zero-order valence-corrected chi connectivity index (χ0v) is 12.3. The first-order valence-electron chi connectivity index (χ1n) is 6.54. The molecule has 2 rings (SSSR count). The van der Waals surface area contributed by atoms with Crippen molar-refractivity contribution >= 4 is 17.1 Å². The summed E-state index contributed by atoms with van der Waals surface area (Å²) in [4.78, 5) is 18.7. The van der Waals surface area contributed by atoms with Gasteiger partial charge in [0.2, 0.25) is 0 Å². The second-order valence-corrected chi connectivity index (χ2v) is 6.59. The number of ketones is 1. The Morgan fingerprint density at radius 1 is 1.56 bits per heavy atom. The SMILES string of the molecule is Cc1ccc(C(=O)CN(C)CC2CCCN2C)s1. The molecule has 4 heteroatoms. The Kier molecular flexibility index (Phi) is 4.54. The van der Waals surface area contributed by atoms with Gasteiger partial charge in [0.15, 0.2) is 5.78 Å². The highest BCUT2D eigenvalue weighted by molar-refractivity contribution is 7.14. The van der Waals surface area contributed by atoms with Gasteiger partial charge in [0.1, 0.15) is 0 Å². The maximum atomic E-state index is 12.1. The lowest BCUT2D eigenvalue weighted by Gasteiger charge is -2.25. The van der Waals surface area contributed by atoms with E-state index >= 15 is 0 Å². The Balaban J connectivity index is 1.83. The van der Waals surface area contributed by atoms with E-state index < -0.39 is 0 Å². The average Bonchev–Trinajstić information content (AvgIpc) is 2.89. The number of hydrogen-bond donors (Lipinski definition) is 0. The van der Waals surface area contributed by atoms with Gasteiger partial charge in [-0.05, 0) is 52.5 Å². The molecule has 0 spiro atoms. The van der Waals surface area contributed by atoms with Crippen molar-refractivity contribution in [3.8, 4) is 0 Å². The van der Waals surface area contributed by atoms with Gasteiger partial charge < -0.3 is 4.90 Å². The number of aryl methyl sites for hydroxylation is 1. The summed E-state index contributed by atoms with van der Waals surface area (Å²) >= 11 is 1.59. The van der Waals surface area contributed by atoms with E-state index in [4.69, 9.17) is 0 Å². The number of hydrogen-bond acceptors (Lipinski definition) is 4. The van der Waals surface area contributed by atoms with Crippen LogP contribution in [0.4, 0.5) is 0 Å². The Hall–Kier alpha value is -0.710. The van der Waals surface area contributed by atoms with Crippen LogP contribution in [-0.2, 0) is 0 Å². The highest BCUT2D eigenvalue weighted by atomic mass is 32.1. The van der Waals surface area contributed by atoms with Crippen molar-refractivity contribution in [1.29, 1.82) is 0 Å². The van der Waals surface area contributed by atoms with Gasteiger partial charge in [0.25, 0.3) is 0 Å². The molecule has 1 fully saturated rings. The molecule has 1 unspecified atom stereocenters. The number of rotatable bonds is 5. The zero-order valence-electron chi connectivity index (χ0n) is 11.5. The van der Waals surface area contributed by atoms with Crippen LogP contribution in [0, 0.1) is 6.92 Å². The number of nitrogens with zero attached hydrogens (tertiary/aromatic N) is 2. The molecule has 18 heavy (non-hydrogen) atoms. The Labute approximate surface area is 113 Å². The number of thiophene rings is 1. The van der Waals surface area contributed by atoms with Gasteiger partial charge >= 0.3 is 0 Å². The summed E-state index contributed by atoms with van der Waals surface area (Å²) in [5.74, 6) is 0.247. The minimum atomic E-state index is 0.247. The van der Waals surface area contributed by atoms with E-state index in [0.29, 0.717) is 12.6 Å². The first-order chi connectivity index (χ1) is 8.56. The highest BCUT2D eigenvalue weighted by Gasteiger charge is 2.23. The van der Waals surface area contributed by atoms with Crippen molar-refractivity contribution in [2.45, 2.75) is 25.8 Å². The lowest BCUT2D eigenvalue weighted by atomic mass is 10.2. The number of likely N-dealkylation sites (tertiary alicyclic amines) is 1. The fourth-order valence-corrected chi connectivity index (χ4v) is 3.34. The van der Waals surface area contributed by atoms with Gasteiger partial charge in [-0.25, -0.2) is 0 Å². The molecule has 1 aliphatic rings. The van der Waals surface area contributed by atoms with Crippen LogP contribution < -0.4 is 0 Å². The zero-order chi connectivity index (χ0) is 13.1. The molecule has 0 radical (unpaired) electrons. The topological polar surface area (TPSA) is 23.6 Å². The summed E-state index contributed by atoms with van der Waals surface area (Å²) in [6, 6.07) is 4.58. The highest BCUT2D eigenvalue weighted by Crippen LogP contribution is 2.17. The van der Waals surface area contributed by atoms with Crippen molar-refractivity contribution in [2.75, 3.05) is 33.7 Å². The van der Waals surface area contributed by atoms with E-state index in [9.17, 15) is 4.79 Å². The standard InChI is InChI=1S/C14H22N2OS/c1-11-6-7-14(18-11)13(17)10-15(2)9-12-5-4-8-16(12)3/h6-7,12H,4-5,8-10H2,1-3H3. The van der Waals surface area contributed by atoms with E-state index in [1.807, 2.05) is 26.1 Å². The number of carbonyl (C=O) groups excluding carboxylic acids is 1.